The molecule has 1 N–H and O–H groups in total. The van der Waals surface area contributed by atoms with E-state index in [0.717, 1.165) is 0 Å². The van der Waals surface area contributed by atoms with E-state index >= 15 is 0 Å². The quantitative estimate of drug-likeness (QED) is 0.777. The fourth-order valence-corrected chi connectivity index (χ4v) is 4.45. The Hall–Kier alpha value is -0.570. The largest absolute Gasteiger partial charge is 0.340 e. The van der Waals surface area contributed by atoms with E-state index in [1.165, 1.54) is 22.5 Å². The average Bonchev–Trinajstić information content (AvgIpc) is 2.57. The predicted octanol–water partition coefficient (Wildman–Crippen LogP) is 2.10. The van der Waals surface area contributed by atoms with E-state index in [0.29, 0.717) is 24.7 Å². The fraction of sp³-hybridized carbons (Fsp3) is 0.533. The number of nitrogens with one attached hydrogen (secondary N) is 1. The summed E-state index contributed by atoms with van der Waals surface area (Å²) < 4.78 is 26.7. The molecule has 0 radical (unpaired) electrons. The van der Waals surface area contributed by atoms with Crippen molar-refractivity contribution in [1.82, 2.24) is 14.5 Å². The third-order valence-corrected chi connectivity index (χ3v) is 6.64. The van der Waals surface area contributed by atoms with Crippen LogP contribution >= 0.6 is 35.6 Å². The average molecular weight is 431 g/mol. The van der Waals surface area contributed by atoms with Crippen LogP contribution in [0.5, 0.6) is 0 Å². The lowest BCUT2D eigenvalue weighted by Gasteiger charge is -2.35. The Kier molecular flexibility index (Phi) is 8.44. The number of halogens is 3. The van der Waals surface area contributed by atoms with E-state index < -0.39 is 10.0 Å². The van der Waals surface area contributed by atoms with E-state index in [-0.39, 0.29) is 47.2 Å². The molecule has 1 fully saturated rings. The first kappa shape index (κ1) is 22.5. The van der Waals surface area contributed by atoms with Crippen molar-refractivity contribution in [3.63, 3.8) is 0 Å². The van der Waals surface area contributed by atoms with Gasteiger partial charge in [-0.05, 0) is 25.2 Å². The monoisotopic (exact) mass is 429 g/mol. The second-order valence-electron chi connectivity index (χ2n) is 5.76. The number of carbonyl (C=O) groups excluding carboxylic acids is 1. The maximum atomic E-state index is 12.7. The van der Waals surface area contributed by atoms with E-state index in [4.69, 9.17) is 23.2 Å². The first-order chi connectivity index (χ1) is 11.3. The molecule has 10 heteroatoms. The number of benzene rings is 1. The first-order valence-electron chi connectivity index (χ1n) is 7.66. The van der Waals surface area contributed by atoms with Crippen molar-refractivity contribution in [1.29, 1.82) is 0 Å². The molecule has 0 aliphatic carbocycles. The highest BCUT2D eigenvalue weighted by Gasteiger charge is 2.31. The molecule has 2 rings (SSSR count). The summed E-state index contributed by atoms with van der Waals surface area (Å²) >= 11 is 11.8. The summed E-state index contributed by atoms with van der Waals surface area (Å²) in [7, 11) is -1.84. The summed E-state index contributed by atoms with van der Waals surface area (Å²) in [6, 6.07) is 4.26. The van der Waals surface area contributed by atoms with Gasteiger partial charge in [0.15, 0.2) is 0 Å². The molecule has 0 saturated carbocycles. The molecule has 0 aromatic heterocycles. The van der Waals surface area contributed by atoms with Gasteiger partial charge in [-0.15, -0.1) is 12.4 Å². The predicted molar refractivity (Wildman–Crippen MR) is 102 cm³/mol. The van der Waals surface area contributed by atoms with Gasteiger partial charge in [-0.25, -0.2) is 8.42 Å². The van der Waals surface area contributed by atoms with Crippen molar-refractivity contribution < 1.29 is 13.2 Å². The SMILES string of the molecule is CNCC(C)C(=O)N1CCN(S(=O)(=O)c2ccc(Cl)c(Cl)c2)CC1.Cl. The normalized spacial score (nSPS) is 17.0. The summed E-state index contributed by atoms with van der Waals surface area (Å²) in [5, 5.41) is 3.49. The van der Waals surface area contributed by atoms with Crippen LogP contribution in [-0.2, 0) is 14.8 Å². The number of hydrogen-bond acceptors (Lipinski definition) is 4. The van der Waals surface area contributed by atoms with Gasteiger partial charge in [0.05, 0.1) is 14.9 Å². The lowest BCUT2D eigenvalue weighted by Crippen LogP contribution is -2.52. The van der Waals surface area contributed by atoms with E-state index in [9.17, 15) is 13.2 Å². The van der Waals surface area contributed by atoms with Crippen LogP contribution in [0.1, 0.15) is 6.92 Å². The van der Waals surface area contributed by atoms with E-state index in [1.807, 2.05) is 6.92 Å². The van der Waals surface area contributed by atoms with Crippen LogP contribution < -0.4 is 5.32 Å². The highest BCUT2D eigenvalue weighted by atomic mass is 35.5. The van der Waals surface area contributed by atoms with Crippen molar-refractivity contribution in [3.05, 3.63) is 28.2 Å². The Balaban J connectivity index is 0.00000312. The number of amides is 1. The summed E-state index contributed by atoms with van der Waals surface area (Å²) in [6.07, 6.45) is 0. The van der Waals surface area contributed by atoms with Gasteiger partial charge in [0.1, 0.15) is 0 Å². The van der Waals surface area contributed by atoms with Crippen LogP contribution in [0, 0.1) is 5.92 Å². The van der Waals surface area contributed by atoms with Crippen LogP contribution in [0.3, 0.4) is 0 Å². The van der Waals surface area contributed by atoms with Gasteiger partial charge in [-0.1, -0.05) is 30.1 Å². The third-order valence-electron chi connectivity index (χ3n) is 4.01. The Bertz CT molecular complexity index is 707. The zero-order valence-electron chi connectivity index (χ0n) is 14.0. The number of rotatable bonds is 5. The highest BCUT2D eigenvalue weighted by Crippen LogP contribution is 2.27. The number of piperazine rings is 1. The number of hydrogen-bond donors (Lipinski definition) is 1. The van der Waals surface area contributed by atoms with Gasteiger partial charge in [0.2, 0.25) is 15.9 Å². The Morgan fingerprint density at radius 2 is 1.80 bits per heavy atom. The molecular formula is C15H22Cl3N3O3S. The van der Waals surface area contributed by atoms with Crippen LogP contribution in [0.15, 0.2) is 23.1 Å². The zero-order chi connectivity index (χ0) is 17.9. The van der Waals surface area contributed by atoms with Crippen LogP contribution in [0.4, 0.5) is 0 Å². The van der Waals surface area contributed by atoms with Gasteiger partial charge < -0.3 is 10.2 Å². The van der Waals surface area contributed by atoms with Gasteiger partial charge in [-0.2, -0.15) is 4.31 Å². The number of nitrogens with zero attached hydrogens (tertiary/aromatic N) is 2. The van der Waals surface area contributed by atoms with Crippen LogP contribution in [-0.4, -0.2) is 63.3 Å². The topological polar surface area (TPSA) is 69.7 Å². The molecule has 1 aromatic rings. The molecule has 1 amide bonds. The van der Waals surface area contributed by atoms with Gasteiger partial charge >= 0.3 is 0 Å². The maximum Gasteiger partial charge on any atom is 0.243 e. The van der Waals surface area contributed by atoms with E-state index in [2.05, 4.69) is 5.32 Å². The Morgan fingerprint density at radius 1 is 1.20 bits per heavy atom. The summed E-state index contributed by atoms with van der Waals surface area (Å²) in [5.74, 6) is -0.0934. The molecule has 1 atom stereocenters. The van der Waals surface area contributed by atoms with Gasteiger partial charge in [-0.3, -0.25) is 4.79 Å². The Labute approximate surface area is 164 Å². The van der Waals surface area contributed by atoms with Crippen LogP contribution in [0.25, 0.3) is 0 Å². The summed E-state index contributed by atoms with van der Waals surface area (Å²) in [6.45, 7) is 3.75. The summed E-state index contributed by atoms with van der Waals surface area (Å²) in [5.41, 5.74) is 0. The lowest BCUT2D eigenvalue weighted by molar-refractivity contribution is -0.136. The smallest absolute Gasteiger partial charge is 0.243 e. The van der Waals surface area contributed by atoms with Crippen molar-refractivity contribution in [2.75, 3.05) is 39.8 Å². The second-order valence-corrected chi connectivity index (χ2v) is 8.52. The molecule has 1 unspecified atom stereocenters. The van der Waals surface area contributed by atoms with Crippen molar-refractivity contribution in [3.8, 4) is 0 Å². The van der Waals surface area contributed by atoms with Gasteiger partial charge in [0.25, 0.3) is 0 Å². The minimum atomic E-state index is -3.64. The van der Waals surface area contributed by atoms with Crippen LogP contribution in [0.2, 0.25) is 10.0 Å². The highest BCUT2D eigenvalue weighted by molar-refractivity contribution is 7.89. The van der Waals surface area contributed by atoms with Gasteiger partial charge in [0, 0.05) is 38.6 Å². The Morgan fingerprint density at radius 3 is 2.32 bits per heavy atom. The molecule has 25 heavy (non-hydrogen) atoms. The summed E-state index contributed by atoms with van der Waals surface area (Å²) in [4.78, 5) is 14.1. The standard InChI is InChI=1S/C15H21Cl2N3O3S.ClH/c1-11(10-18-2)15(21)19-5-7-20(8-6-19)24(22,23)12-3-4-13(16)14(17)9-12;/h3-4,9,11,18H,5-8,10H2,1-2H3;1H. The minimum Gasteiger partial charge on any atom is -0.340 e. The maximum absolute atomic E-state index is 12.7. The molecule has 6 nitrogen and oxygen atoms in total. The third kappa shape index (κ3) is 5.21. The number of sulfonamides is 1. The molecule has 1 aliphatic rings. The lowest BCUT2D eigenvalue weighted by atomic mass is 10.1. The van der Waals surface area contributed by atoms with Crippen molar-refractivity contribution in [2.45, 2.75) is 11.8 Å². The zero-order valence-corrected chi connectivity index (χ0v) is 17.2. The van der Waals surface area contributed by atoms with E-state index in [1.54, 1.807) is 11.9 Å². The minimum absolute atomic E-state index is 0. The first-order valence-corrected chi connectivity index (χ1v) is 9.85. The molecule has 1 heterocycles. The number of carbonyl (C=O) groups is 1. The molecule has 1 saturated heterocycles. The fourth-order valence-electron chi connectivity index (χ4n) is 2.64. The molecule has 0 spiro atoms. The molecule has 1 aromatic carbocycles. The molecule has 0 bridgehead atoms. The molecular weight excluding hydrogens is 409 g/mol. The molecule has 142 valence electrons. The molecule has 1 aliphatic heterocycles. The van der Waals surface area contributed by atoms with Crippen molar-refractivity contribution >= 4 is 51.5 Å². The second kappa shape index (κ2) is 9.39. The van der Waals surface area contributed by atoms with Crippen molar-refractivity contribution in [2.24, 2.45) is 5.92 Å².